The summed E-state index contributed by atoms with van der Waals surface area (Å²) in [5, 5.41) is 0. The smallest absolute Gasteiger partial charge is 0.329 e. The summed E-state index contributed by atoms with van der Waals surface area (Å²) in [7, 11) is -1.82. The van der Waals surface area contributed by atoms with Crippen molar-refractivity contribution in [3.05, 3.63) is 12.7 Å². The largest absolute Gasteiger partial charge is 0.463 e. The van der Waals surface area contributed by atoms with E-state index in [1.54, 1.807) is 0 Å². The number of rotatable bonds is 7. The Kier molecular flexibility index (Phi) is 6.49. The highest BCUT2D eigenvalue weighted by Gasteiger charge is 2.29. The van der Waals surface area contributed by atoms with E-state index in [1.807, 2.05) is 6.92 Å². The van der Waals surface area contributed by atoms with E-state index < -0.39 is 8.32 Å². The van der Waals surface area contributed by atoms with Crippen LogP contribution in [-0.2, 0) is 14.0 Å². The first-order valence-corrected chi connectivity index (χ1v) is 7.83. The Bertz CT molecular complexity index is 186. The van der Waals surface area contributed by atoms with Gasteiger partial charge in [0.2, 0.25) is 8.32 Å². The van der Waals surface area contributed by atoms with Gasteiger partial charge in [-0.2, -0.15) is 0 Å². The first-order chi connectivity index (χ1) is 6.58. The molecule has 0 aromatic heterocycles. The van der Waals surface area contributed by atoms with Crippen molar-refractivity contribution in [2.75, 3.05) is 12.8 Å². The number of carbonyl (C=O) groups excluding carboxylic acids is 1. The van der Waals surface area contributed by atoms with Crippen molar-refractivity contribution in [1.82, 2.24) is 0 Å². The minimum atomic E-state index is -1.82. The van der Waals surface area contributed by atoms with Crippen LogP contribution in [0, 0.1) is 0 Å². The number of esters is 1. The maximum absolute atomic E-state index is 10.9. The molecule has 1 unspecified atom stereocenters. The summed E-state index contributed by atoms with van der Waals surface area (Å²) in [6, 6.07) is 1.02. The molecule has 0 aromatic rings. The van der Waals surface area contributed by atoms with Gasteiger partial charge < -0.3 is 9.16 Å². The molecule has 0 fully saturated rings. The summed E-state index contributed by atoms with van der Waals surface area (Å²) < 4.78 is 10.7. The van der Waals surface area contributed by atoms with Gasteiger partial charge in [-0.05, 0) is 19.5 Å². The van der Waals surface area contributed by atoms with Crippen LogP contribution in [0.3, 0.4) is 0 Å². The lowest BCUT2D eigenvalue weighted by atomic mass is 10.6. The van der Waals surface area contributed by atoms with Gasteiger partial charge in [0.15, 0.2) is 0 Å². The minimum absolute atomic E-state index is 0.362. The van der Waals surface area contributed by atoms with E-state index >= 15 is 0 Å². The SMILES string of the molecule is C=CC(=O)OC[Si](C)(CCC)OCC. The van der Waals surface area contributed by atoms with Gasteiger partial charge in [0.1, 0.15) is 6.23 Å². The second kappa shape index (κ2) is 6.78. The lowest BCUT2D eigenvalue weighted by Gasteiger charge is -2.25. The molecule has 0 aliphatic rings. The Balaban J connectivity index is 4.07. The van der Waals surface area contributed by atoms with Crippen molar-refractivity contribution in [1.29, 1.82) is 0 Å². The lowest BCUT2D eigenvalue weighted by Crippen LogP contribution is -2.41. The summed E-state index contributed by atoms with van der Waals surface area (Å²) in [4.78, 5) is 10.9. The summed E-state index contributed by atoms with van der Waals surface area (Å²) >= 11 is 0. The molecule has 0 saturated heterocycles. The monoisotopic (exact) mass is 216 g/mol. The molecule has 0 bridgehead atoms. The van der Waals surface area contributed by atoms with E-state index in [-0.39, 0.29) is 5.97 Å². The Hall–Kier alpha value is -0.613. The van der Waals surface area contributed by atoms with Crippen LogP contribution in [0.5, 0.6) is 0 Å². The van der Waals surface area contributed by atoms with Gasteiger partial charge in [0, 0.05) is 12.7 Å². The molecule has 82 valence electrons. The van der Waals surface area contributed by atoms with Gasteiger partial charge in [-0.15, -0.1) is 0 Å². The Morgan fingerprint density at radius 2 is 2.14 bits per heavy atom. The fraction of sp³-hybridized carbons (Fsp3) is 0.700. The molecule has 0 heterocycles. The molecule has 0 amide bonds. The van der Waals surface area contributed by atoms with Crippen LogP contribution in [0.15, 0.2) is 12.7 Å². The molecule has 4 heteroatoms. The molecule has 14 heavy (non-hydrogen) atoms. The molecule has 3 nitrogen and oxygen atoms in total. The lowest BCUT2D eigenvalue weighted by molar-refractivity contribution is -0.136. The quantitative estimate of drug-likeness (QED) is 0.372. The molecule has 0 aromatic carbocycles. The van der Waals surface area contributed by atoms with Crippen molar-refractivity contribution in [3.63, 3.8) is 0 Å². The van der Waals surface area contributed by atoms with Gasteiger partial charge >= 0.3 is 5.97 Å². The topological polar surface area (TPSA) is 35.5 Å². The zero-order valence-electron chi connectivity index (χ0n) is 9.34. The third-order valence-corrected chi connectivity index (χ3v) is 5.26. The third-order valence-electron chi connectivity index (χ3n) is 1.96. The van der Waals surface area contributed by atoms with Gasteiger partial charge in [0.05, 0.1) is 0 Å². The minimum Gasteiger partial charge on any atom is -0.463 e. The molecule has 0 radical (unpaired) electrons. The summed E-state index contributed by atoms with van der Waals surface area (Å²) in [5.74, 6) is -0.362. The number of ether oxygens (including phenoxy) is 1. The number of hydrogen-bond acceptors (Lipinski definition) is 3. The zero-order chi connectivity index (χ0) is 11.0. The van der Waals surface area contributed by atoms with Crippen molar-refractivity contribution in [2.24, 2.45) is 0 Å². The van der Waals surface area contributed by atoms with Gasteiger partial charge in [-0.3, -0.25) is 0 Å². The molecule has 0 aliphatic carbocycles. The molecular weight excluding hydrogens is 196 g/mol. The van der Waals surface area contributed by atoms with Crippen LogP contribution < -0.4 is 0 Å². The fourth-order valence-corrected chi connectivity index (χ4v) is 3.92. The van der Waals surface area contributed by atoms with Crippen LogP contribution in [0.1, 0.15) is 20.3 Å². The van der Waals surface area contributed by atoms with Crippen LogP contribution in [0.4, 0.5) is 0 Å². The standard InChI is InChI=1S/C10H20O3Si/c1-5-8-14(4,13-7-3)9-12-10(11)6-2/h6H,2,5,7-9H2,1,3-4H3. The van der Waals surface area contributed by atoms with Crippen LogP contribution in [0.2, 0.25) is 12.6 Å². The van der Waals surface area contributed by atoms with Gasteiger partial charge in [-0.1, -0.05) is 19.9 Å². The zero-order valence-corrected chi connectivity index (χ0v) is 10.3. The second-order valence-electron chi connectivity index (χ2n) is 3.44. The van der Waals surface area contributed by atoms with Crippen LogP contribution in [-0.4, -0.2) is 27.1 Å². The van der Waals surface area contributed by atoms with E-state index in [1.165, 1.54) is 6.08 Å². The Morgan fingerprint density at radius 1 is 1.50 bits per heavy atom. The Labute approximate surface area is 87.2 Å². The van der Waals surface area contributed by atoms with E-state index in [2.05, 4.69) is 20.0 Å². The summed E-state index contributed by atoms with van der Waals surface area (Å²) in [6.07, 6.45) is 2.68. The molecule has 0 spiro atoms. The number of hydrogen-bond donors (Lipinski definition) is 0. The average molecular weight is 216 g/mol. The van der Waals surface area contributed by atoms with Crippen molar-refractivity contribution in [3.8, 4) is 0 Å². The predicted molar refractivity (Wildman–Crippen MR) is 59.5 cm³/mol. The molecular formula is C10H20O3Si. The van der Waals surface area contributed by atoms with Crippen LogP contribution in [0.25, 0.3) is 0 Å². The maximum Gasteiger partial charge on any atom is 0.329 e. The van der Waals surface area contributed by atoms with E-state index in [4.69, 9.17) is 9.16 Å². The molecule has 0 N–H and O–H groups in total. The van der Waals surface area contributed by atoms with E-state index in [9.17, 15) is 4.79 Å². The number of carbonyl (C=O) groups is 1. The highest BCUT2D eigenvalue weighted by molar-refractivity contribution is 6.72. The molecule has 0 rings (SSSR count). The van der Waals surface area contributed by atoms with Crippen molar-refractivity contribution < 1.29 is 14.0 Å². The van der Waals surface area contributed by atoms with E-state index in [0.29, 0.717) is 12.8 Å². The van der Waals surface area contributed by atoms with Crippen molar-refractivity contribution in [2.45, 2.75) is 32.9 Å². The highest BCUT2D eigenvalue weighted by atomic mass is 28.4. The first kappa shape index (κ1) is 13.4. The third kappa shape index (κ3) is 5.19. The summed E-state index contributed by atoms with van der Waals surface area (Å²) in [5.41, 5.74) is 0. The normalized spacial score (nSPS) is 14.5. The van der Waals surface area contributed by atoms with Crippen LogP contribution >= 0.6 is 0 Å². The molecule has 1 atom stereocenters. The van der Waals surface area contributed by atoms with E-state index in [0.717, 1.165) is 12.5 Å². The fourth-order valence-electron chi connectivity index (χ4n) is 1.35. The highest BCUT2D eigenvalue weighted by Crippen LogP contribution is 2.14. The van der Waals surface area contributed by atoms with Crippen molar-refractivity contribution >= 4 is 14.3 Å². The maximum atomic E-state index is 10.9. The predicted octanol–water partition coefficient (Wildman–Crippen LogP) is 2.28. The molecule has 0 saturated carbocycles. The van der Waals surface area contributed by atoms with Gasteiger partial charge in [-0.25, -0.2) is 4.79 Å². The average Bonchev–Trinajstić information content (AvgIpc) is 2.15. The summed E-state index contributed by atoms with van der Waals surface area (Å²) in [6.45, 7) is 10.2. The Morgan fingerprint density at radius 3 is 2.57 bits per heavy atom. The first-order valence-electron chi connectivity index (χ1n) is 5.01. The molecule has 0 aliphatic heterocycles. The second-order valence-corrected chi connectivity index (χ2v) is 7.42. The van der Waals surface area contributed by atoms with Gasteiger partial charge in [0.25, 0.3) is 0 Å².